The van der Waals surface area contributed by atoms with Gasteiger partial charge in [0.2, 0.25) is 0 Å². The van der Waals surface area contributed by atoms with Gasteiger partial charge in [-0.05, 0) is 24.6 Å². The topological polar surface area (TPSA) is 49.1 Å². The van der Waals surface area contributed by atoms with E-state index in [2.05, 4.69) is 10.1 Å². The average Bonchev–Trinajstić information content (AvgIpc) is 2.16. The van der Waals surface area contributed by atoms with Crippen LogP contribution in [0.15, 0.2) is 35.6 Å². The highest BCUT2D eigenvalue weighted by molar-refractivity contribution is 5.88. The van der Waals surface area contributed by atoms with Gasteiger partial charge in [0.15, 0.2) is 0 Å². The Bertz CT molecular complexity index is 463. The molecule has 1 N–H and O–H groups in total. The van der Waals surface area contributed by atoms with E-state index < -0.39 is 0 Å². The number of nitrogens with zero attached hydrogens (tertiary/aromatic N) is 2. The summed E-state index contributed by atoms with van der Waals surface area (Å²) in [6, 6.07) is 7.69. The highest BCUT2D eigenvalue weighted by atomic mass is 15.0. The lowest BCUT2D eigenvalue weighted by Gasteiger charge is -1.99. The molecule has 1 heterocycles. The van der Waals surface area contributed by atoms with E-state index in [1.54, 1.807) is 12.3 Å². The maximum absolute atomic E-state index is 6.96. The Kier molecular flexibility index (Phi) is 1.77. The van der Waals surface area contributed by atoms with Crippen molar-refractivity contribution in [2.45, 2.75) is 6.92 Å². The standard InChI is InChI=1S/C10H9N3/c1-7-5-8-3-2-4-9(13-11)10(8)12-6-7/h2-6,11H,1H3. The van der Waals surface area contributed by atoms with Crippen molar-refractivity contribution in [3.8, 4) is 0 Å². The number of nitrogens with one attached hydrogen (secondary N) is 1. The van der Waals surface area contributed by atoms with Gasteiger partial charge >= 0.3 is 0 Å². The van der Waals surface area contributed by atoms with Crippen molar-refractivity contribution in [1.29, 1.82) is 5.53 Å². The van der Waals surface area contributed by atoms with Crippen LogP contribution in [0.3, 0.4) is 0 Å². The van der Waals surface area contributed by atoms with Crippen LogP contribution in [-0.4, -0.2) is 4.98 Å². The number of rotatable bonds is 1. The monoisotopic (exact) mass is 171 g/mol. The van der Waals surface area contributed by atoms with Gasteiger partial charge in [0.1, 0.15) is 5.69 Å². The molecule has 1 aromatic carbocycles. The fraction of sp³-hybridized carbons (Fsp3) is 0.100. The van der Waals surface area contributed by atoms with Crippen molar-refractivity contribution in [3.05, 3.63) is 36.0 Å². The Morgan fingerprint density at radius 3 is 3.00 bits per heavy atom. The van der Waals surface area contributed by atoms with Crippen LogP contribution >= 0.6 is 0 Å². The van der Waals surface area contributed by atoms with Gasteiger partial charge in [-0.3, -0.25) is 4.98 Å². The number of hydrogen-bond acceptors (Lipinski definition) is 3. The van der Waals surface area contributed by atoms with Gasteiger partial charge in [0.25, 0.3) is 0 Å². The van der Waals surface area contributed by atoms with Crippen LogP contribution in [0.1, 0.15) is 5.56 Å². The number of benzene rings is 1. The maximum atomic E-state index is 6.96. The van der Waals surface area contributed by atoms with Crippen molar-refractivity contribution < 1.29 is 0 Å². The lowest BCUT2D eigenvalue weighted by molar-refractivity contribution is 1.15. The van der Waals surface area contributed by atoms with Crippen LogP contribution in [0, 0.1) is 12.5 Å². The normalized spacial score (nSPS) is 10.2. The third-order valence-corrected chi connectivity index (χ3v) is 1.95. The summed E-state index contributed by atoms with van der Waals surface area (Å²) < 4.78 is 0. The zero-order chi connectivity index (χ0) is 9.26. The average molecular weight is 171 g/mol. The molecule has 0 bridgehead atoms. The quantitative estimate of drug-likeness (QED) is 0.658. The van der Waals surface area contributed by atoms with Gasteiger partial charge in [0.05, 0.1) is 5.52 Å². The Balaban J connectivity index is 2.84. The molecule has 2 rings (SSSR count). The minimum atomic E-state index is 0.623. The first kappa shape index (κ1) is 7.86. The Morgan fingerprint density at radius 2 is 2.23 bits per heavy atom. The second-order valence-corrected chi connectivity index (χ2v) is 2.97. The molecule has 13 heavy (non-hydrogen) atoms. The molecule has 0 aliphatic carbocycles. The van der Waals surface area contributed by atoms with Gasteiger partial charge in [-0.2, -0.15) is 5.11 Å². The Hall–Kier alpha value is -1.77. The summed E-state index contributed by atoms with van der Waals surface area (Å²) in [6.07, 6.45) is 1.79. The molecule has 0 unspecified atom stereocenters. The third kappa shape index (κ3) is 1.28. The Labute approximate surface area is 75.9 Å². The van der Waals surface area contributed by atoms with Crippen molar-refractivity contribution in [2.75, 3.05) is 0 Å². The van der Waals surface area contributed by atoms with E-state index in [-0.39, 0.29) is 0 Å². The number of fused-ring (bicyclic) bond motifs is 1. The van der Waals surface area contributed by atoms with Gasteiger partial charge in [0, 0.05) is 11.6 Å². The van der Waals surface area contributed by atoms with Gasteiger partial charge in [-0.15, -0.1) is 0 Å². The van der Waals surface area contributed by atoms with E-state index in [1.165, 1.54) is 0 Å². The van der Waals surface area contributed by atoms with Gasteiger partial charge < -0.3 is 0 Å². The minimum Gasteiger partial charge on any atom is -0.254 e. The predicted molar refractivity (Wildman–Crippen MR) is 51.3 cm³/mol. The molecule has 0 aliphatic rings. The fourth-order valence-corrected chi connectivity index (χ4v) is 1.34. The SMILES string of the molecule is Cc1cnc2c(N=N)cccc2c1. The molecular formula is C10H9N3. The zero-order valence-corrected chi connectivity index (χ0v) is 7.28. The summed E-state index contributed by atoms with van der Waals surface area (Å²) in [5.41, 5.74) is 9.50. The molecule has 0 atom stereocenters. The van der Waals surface area contributed by atoms with E-state index in [0.29, 0.717) is 5.69 Å². The first-order valence-corrected chi connectivity index (χ1v) is 4.04. The largest absolute Gasteiger partial charge is 0.254 e. The summed E-state index contributed by atoms with van der Waals surface area (Å²) in [6.45, 7) is 2.00. The number of pyridine rings is 1. The van der Waals surface area contributed by atoms with Crippen molar-refractivity contribution in [1.82, 2.24) is 4.98 Å². The van der Waals surface area contributed by atoms with E-state index >= 15 is 0 Å². The van der Waals surface area contributed by atoms with Gasteiger partial charge in [-0.1, -0.05) is 12.1 Å². The van der Waals surface area contributed by atoms with Crippen LogP contribution < -0.4 is 0 Å². The minimum absolute atomic E-state index is 0.623. The maximum Gasteiger partial charge on any atom is 0.111 e. The van der Waals surface area contributed by atoms with Crippen LogP contribution in [0.2, 0.25) is 0 Å². The summed E-state index contributed by atoms with van der Waals surface area (Å²) in [4.78, 5) is 4.24. The molecule has 64 valence electrons. The molecule has 0 aliphatic heterocycles. The van der Waals surface area contributed by atoms with Crippen molar-refractivity contribution in [3.63, 3.8) is 0 Å². The van der Waals surface area contributed by atoms with Gasteiger partial charge in [-0.25, -0.2) is 5.53 Å². The lowest BCUT2D eigenvalue weighted by atomic mass is 10.1. The van der Waals surface area contributed by atoms with Crippen molar-refractivity contribution in [2.24, 2.45) is 5.11 Å². The zero-order valence-electron chi connectivity index (χ0n) is 7.28. The smallest absolute Gasteiger partial charge is 0.111 e. The molecule has 0 saturated carbocycles. The first-order chi connectivity index (χ1) is 6.31. The number of hydrogen-bond donors (Lipinski definition) is 1. The van der Waals surface area contributed by atoms with E-state index in [9.17, 15) is 0 Å². The van der Waals surface area contributed by atoms with Crippen LogP contribution in [-0.2, 0) is 0 Å². The van der Waals surface area contributed by atoms with Crippen LogP contribution in [0.25, 0.3) is 10.9 Å². The second-order valence-electron chi connectivity index (χ2n) is 2.97. The number of aromatic nitrogens is 1. The van der Waals surface area contributed by atoms with Crippen molar-refractivity contribution >= 4 is 16.6 Å². The lowest BCUT2D eigenvalue weighted by Crippen LogP contribution is -1.80. The number of aryl methyl sites for hydroxylation is 1. The molecule has 3 nitrogen and oxygen atoms in total. The highest BCUT2D eigenvalue weighted by Gasteiger charge is 1.99. The summed E-state index contributed by atoms with van der Waals surface area (Å²) in [5, 5.41) is 4.45. The molecule has 2 aromatic rings. The van der Waals surface area contributed by atoms with Crippen LogP contribution in [0.4, 0.5) is 5.69 Å². The molecule has 3 heteroatoms. The molecule has 1 aromatic heterocycles. The first-order valence-electron chi connectivity index (χ1n) is 4.04. The highest BCUT2D eigenvalue weighted by Crippen LogP contribution is 2.23. The molecule has 0 spiro atoms. The van der Waals surface area contributed by atoms with Crippen LogP contribution in [0.5, 0.6) is 0 Å². The molecular weight excluding hydrogens is 162 g/mol. The fourth-order valence-electron chi connectivity index (χ4n) is 1.34. The molecule has 0 amide bonds. The third-order valence-electron chi connectivity index (χ3n) is 1.95. The second kappa shape index (κ2) is 2.94. The summed E-state index contributed by atoms with van der Waals surface area (Å²) in [5.74, 6) is 0. The van der Waals surface area contributed by atoms with E-state index in [4.69, 9.17) is 5.53 Å². The Morgan fingerprint density at radius 1 is 1.38 bits per heavy atom. The molecule has 0 fully saturated rings. The molecule has 0 saturated heterocycles. The number of para-hydroxylation sites is 1. The van der Waals surface area contributed by atoms with E-state index in [1.807, 2.05) is 25.1 Å². The summed E-state index contributed by atoms with van der Waals surface area (Å²) in [7, 11) is 0. The molecule has 0 radical (unpaired) electrons. The van der Waals surface area contributed by atoms with E-state index in [0.717, 1.165) is 16.5 Å². The summed E-state index contributed by atoms with van der Waals surface area (Å²) >= 11 is 0. The predicted octanol–water partition coefficient (Wildman–Crippen LogP) is 3.21.